The quantitative estimate of drug-likeness (QED) is 0.746. The number of amides is 1. The van der Waals surface area contributed by atoms with Crippen LogP contribution in [0.1, 0.15) is 22.5 Å². The van der Waals surface area contributed by atoms with Gasteiger partial charge in [-0.2, -0.15) is 13.2 Å². The number of carbonyl (C=O) groups is 1. The fourth-order valence-corrected chi connectivity index (χ4v) is 4.28. The minimum absolute atomic E-state index is 0.0205. The molecule has 1 aromatic carbocycles. The zero-order valence-corrected chi connectivity index (χ0v) is 15.2. The van der Waals surface area contributed by atoms with Crippen molar-refractivity contribution in [3.05, 3.63) is 52.7 Å². The van der Waals surface area contributed by atoms with Crippen molar-refractivity contribution in [2.75, 3.05) is 6.61 Å². The van der Waals surface area contributed by atoms with Gasteiger partial charge < -0.3 is 14.9 Å². The molecule has 1 amide bonds. The molecule has 4 atom stereocenters. The number of rotatable bonds is 4. The molecule has 5 nitrogen and oxygen atoms in total. The molecule has 2 aliphatic carbocycles. The molecule has 0 saturated heterocycles. The second-order valence-corrected chi connectivity index (χ2v) is 7.42. The summed E-state index contributed by atoms with van der Waals surface area (Å²) < 4.78 is 43.2. The third kappa shape index (κ3) is 3.20. The van der Waals surface area contributed by atoms with Crippen molar-refractivity contribution in [1.29, 1.82) is 0 Å². The van der Waals surface area contributed by atoms with Gasteiger partial charge in [-0.1, -0.05) is 41.0 Å². The molecule has 2 N–H and O–H groups in total. The maximum atomic E-state index is 12.7. The number of aromatic nitrogens is 1. The average molecular weight is 413 g/mol. The first-order valence-corrected chi connectivity index (χ1v) is 9.10. The van der Waals surface area contributed by atoms with Gasteiger partial charge in [0.15, 0.2) is 11.5 Å². The maximum absolute atomic E-state index is 12.7. The summed E-state index contributed by atoms with van der Waals surface area (Å²) in [6, 6.07) is 4.00. The first kappa shape index (κ1) is 19.0. The molecular formula is C19H16ClF3N2O3. The predicted molar refractivity (Wildman–Crippen MR) is 94.5 cm³/mol. The molecule has 2 bridgehead atoms. The van der Waals surface area contributed by atoms with Gasteiger partial charge in [0.1, 0.15) is 5.02 Å². The monoisotopic (exact) mass is 412 g/mol. The van der Waals surface area contributed by atoms with Crippen molar-refractivity contribution >= 4 is 17.5 Å². The van der Waals surface area contributed by atoms with Crippen LogP contribution in [0, 0.1) is 17.8 Å². The van der Waals surface area contributed by atoms with E-state index in [2.05, 4.69) is 16.5 Å². The number of nitrogens with one attached hydrogen (secondary N) is 1. The number of allylic oxidation sites excluding steroid dienone is 1. The van der Waals surface area contributed by atoms with Crippen molar-refractivity contribution in [3.8, 4) is 11.3 Å². The van der Waals surface area contributed by atoms with E-state index >= 15 is 0 Å². The van der Waals surface area contributed by atoms with Gasteiger partial charge in [0.05, 0.1) is 5.56 Å². The lowest BCUT2D eigenvalue weighted by Crippen LogP contribution is -2.44. The minimum Gasteiger partial charge on any atom is -0.396 e. The summed E-state index contributed by atoms with van der Waals surface area (Å²) in [6.45, 7) is -0.0419. The summed E-state index contributed by atoms with van der Waals surface area (Å²) in [5, 5.41) is 16.1. The highest BCUT2D eigenvalue weighted by Gasteiger charge is 2.45. The Labute approximate surface area is 163 Å². The smallest absolute Gasteiger partial charge is 0.396 e. The Kier molecular flexibility index (Phi) is 4.71. The molecule has 28 heavy (non-hydrogen) atoms. The molecule has 0 unspecified atom stereocenters. The number of aliphatic hydroxyl groups is 1. The normalized spacial score (nSPS) is 26.0. The van der Waals surface area contributed by atoms with Crippen molar-refractivity contribution in [1.82, 2.24) is 10.5 Å². The summed E-state index contributed by atoms with van der Waals surface area (Å²) in [4.78, 5) is 12.6. The molecule has 148 valence electrons. The number of benzene rings is 1. The van der Waals surface area contributed by atoms with Gasteiger partial charge in [0.25, 0.3) is 5.91 Å². The lowest BCUT2D eigenvalue weighted by Gasteiger charge is -2.27. The number of hydrogen-bond donors (Lipinski definition) is 2. The Balaban J connectivity index is 1.53. The van der Waals surface area contributed by atoms with Crippen LogP contribution in [0.3, 0.4) is 0 Å². The predicted octanol–water partition coefficient (Wildman–Crippen LogP) is 3.93. The van der Waals surface area contributed by atoms with E-state index in [-0.39, 0.29) is 52.4 Å². The van der Waals surface area contributed by atoms with Crippen LogP contribution < -0.4 is 5.32 Å². The molecular weight excluding hydrogens is 397 g/mol. The fraction of sp³-hybridized carbons (Fsp3) is 0.368. The zero-order chi connectivity index (χ0) is 20.1. The largest absolute Gasteiger partial charge is 0.416 e. The Morgan fingerprint density at radius 2 is 1.93 bits per heavy atom. The highest BCUT2D eigenvalue weighted by atomic mass is 35.5. The SMILES string of the molecule is O=C(N[C@H]1[C@@H](CO)[C@H]2C=C[C@@H]1C2)c1noc(-c2ccc(C(F)(F)F)cc2)c1Cl. The average Bonchev–Trinajstić information content (AvgIpc) is 3.35. The van der Waals surface area contributed by atoms with E-state index in [1.54, 1.807) is 0 Å². The minimum atomic E-state index is -4.45. The number of aliphatic hydroxyl groups excluding tert-OH is 1. The summed E-state index contributed by atoms with van der Waals surface area (Å²) in [6.07, 6.45) is 0.506. The van der Waals surface area contributed by atoms with Crippen molar-refractivity contribution in [2.24, 2.45) is 17.8 Å². The van der Waals surface area contributed by atoms with Gasteiger partial charge >= 0.3 is 6.18 Å². The molecule has 2 aliphatic rings. The van der Waals surface area contributed by atoms with Gasteiger partial charge in [0.2, 0.25) is 0 Å². The topological polar surface area (TPSA) is 75.4 Å². The second kappa shape index (κ2) is 6.93. The van der Waals surface area contributed by atoms with Gasteiger partial charge in [-0.05, 0) is 30.4 Å². The number of alkyl halides is 3. The van der Waals surface area contributed by atoms with E-state index in [1.807, 2.05) is 6.08 Å². The molecule has 1 heterocycles. The van der Waals surface area contributed by atoms with Crippen molar-refractivity contribution in [2.45, 2.75) is 18.6 Å². The van der Waals surface area contributed by atoms with Crippen molar-refractivity contribution in [3.63, 3.8) is 0 Å². The summed E-state index contributed by atoms with van der Waals surface area (Å²) in [5.74, 6) is -0.218. The van der Waals surface area contributed by atoms with Crippen LogP contribution in [0.25, 0.3) is 11.3 Å². The maximum Gasteiger partial charge on any atom is 0.416 e. The number of halogens is 4. The van der Waals surface area contributed by atoms with Crippen LogP contribution in [-0.2, 0) is 6.18 Å². The van der Waals surface area contributed by atoms with E-state index in [9.17, 15) is 23.1 Å². The standard InChI is InChI=1S/C19H16ClF3N2O3/c20-14-16(18(27)24-15-11-2-1-10(7-11)13(15)8-26)25-28-17(14)9-3-5-12(6-4-9)19(21,22)23/h1-6,10-11,13,15,26H,7-8H2,(H,24,27)/t10-,11+,13-,15+/m0/s1. The zero-order valence-electron chi connectivity index (χ0n) is 14.4. The van der Waals surface area contributed by atoms with E-state index in [1.165, 1.54) is 12.1 Å². The second-order valence-electron chi connectivity index (χ2n) is 7.04. The fourth-order valence-electron chi connectivity index (χ4n) is 4.02. The Bertz CT molecular complexity index is 923. The first-order valence-electron chi connectivity index (χ1n) is 8.72. The van der Waals surface area contributed by atoms with Crippen LogP contribution in [0.5, 0.6) is 0 Å². The Morgan fingerprint density at radius 3 is 2.57 bits per heavy atom. The molecule has 0 spiro atoms. The molecule has 1 fully saturated rings. The molecule has 9 heteroatoms. The molecule has 4 rings (SSSR count). The Morgan fingerprint density at radius 1 is 1.25 bits per heavy atom. The molecule has 1 saturated carbocycles. The van der Waals surface area contributed by atoms with Crippen LogP contribution in [-0.4, -0.2) is 28.8 Å². The molecule has 0 aliphatic heterocycles. The number of nitrogens with zero attached hydrogens (tertiary/aromatic N) is 1. The number of fused-ring (bicyclic) bond motifs is 2. The van der Waals surface area contributed by atoms with Gasteiger partial charge in [-0.15, -0.1) is 0 Å². The van der Waals surface area contributed by atoms with Gasteiger partial charge in [-0.25, -0.2) is 0 Å². The van der Waals surface area contributed by atoms with Crippen LogP contribution in [0.4, 0.5) is 13.2 Å². The van der Waals surface area contributed by atoms with Crippen molar-refractivity contribution < 1.29 is 27.6 Å². The third-order valence-corrected chi connectivity index (χ3v) is 5.81. The third-order valence-electron chi connectivity index (χ3n) is 5.46. The number of hydrogen-bond acceptors (Lipinski definition) is 4. The molecule has 2 aromatic rings. The molecule has 1 aromatic heterocycles. The summed E-state index contributed by atoms with van der Waals surface area (Å²) in [5.41, 5.74) is -0.662. The lowest BCUT2D eigenvalue weighted by molar-refractivity contribution is -0.137. The van der Waals surface area contributed by atoms with Crippen LogP contribution in [0.2, 0.25) is 5.02 Å². The highest BCUT2D eigenvalue weighted by molar-refractivity contribution is 6.35. The van der Waals surface area contributed by atoms with E-state index < -0.39 is 17.6 Å². The van der Waals surface area contributed by atoms with E-state index in [4.69, 9.17) is 16.1 Å². The molecule has 0 radical (unpaired) electrons. The van der Waals surface area contributed by atoms with E-state index in [0.29, 0.717) is 0 Å². The van der Waals surface area contributed by atoms with Crippen LogP contribution in [0.15, 0.2) is 40.9 Å². The summed E-state index contributed by atoms with van der Waals surface area (Å²) in [7, 11) is 0. The highest BCUT2D eigenvalue weighted by Crippen LogP contribution is 2.43. The van der Waals surface area contributed by atoms with Crippen LogP contribution >= 0.6 is 11.6 Å². The van der Waals surface area contributed by atoms with Gasteiger partial charge in [0, 0.05) is 24.1 Å². The van der Waals surface area contributed by atoms with E-state index in [0.717, 1.165) is 18.6 Å². The first-order chi connectivity index (χ1) is 13.3. The van der Waals surface area contributed by atoms with Gasteiger partial charge in [-0.3, -0.25) is 4.79 Å². The number of carbonyl (C=O) groups excluding carboxylic acids is 1. The lowest BCUT2D eigenvalue weighted by atomic mass is 9.89. The Hall–Kier alpha value is -2.32. The summed E-state index contributed by atoms with van der Waals surface area (Å²) >= 11 is 6.22.